The lowest BCUT2D eigenvalue weighted by Crippen LogP contribution is -2.36. The Labute approximate surface area is 183 Å². The molecule has 0 saturated carbocycles. The highest BCUT2D eigenvalue weighted by atomic mass is 19.1. The average Bonchev–Trinajstić information content (AvgIpc) is 2.79. The highest BCUT2D eigenvalue weighted by molar-refractivity contribution is 5.78. The zero-order chi connectivity index (χ0) is 22.1. The number of benzene rings is 2. The van der Waals surface area contributed by atoms with E-state index in [1.54, 1.807) is 6.07 Å². The Bertz CT molecular complexity index is 838. The van der Waals surface area contributed by atoms with Gasteiger partial charge in [0.15, 0.2) is 11.6 Å². The number of hydrogen-bond acceptors (Lipinski definition) is 5. The fourth-order valence-electron chi connectivity index (χ4n) is 3.59. The van der Waals surface area contributed by atoms with E-state index in [0.717, 1.165) is 44.0 Å². The van der Waals surface area contributed by atoms with E-state index >= 15 is 0 Å². The second kappa shape index (κ2) is 11.8. The Morgan fingerprint density at radius 2 is 1.81 bits per heavy atom. The van der Waals surface area contributed by atoms with Gasteiger partial charge in [-0.25, -0.2) is 4.39 Å². The number of hydrogen-bond donors (Lipinski definition) is 1. The number of amides is 1. The third-order valence-corrected chi connectivity index (χ3v) is 5.46. The summed E-state index contributed by atoms with van der Waals surface area (Å²) >= 11 is 0. The standard InChI is InChI=1S/C24H32FN3O3/c1-3-27(17-21-8-9-23(30-2)22(25)14-21)18-24(29)26-15-19-4-6-20(7-5-19)16-28-10-12-31-13-11-28/h4-9,14H,3,10-13,15-18H2,1-2H3,(H,26,29). The Kier molecular flexibility index (Phi) is 8.82. The van der Waals surface area contributed by atoms with E-state index < -0.39 is 5.82 Å². The first kappa shape index (κ1) is 23.2. The number of methoxy groups -OCH3 is 1. The molecule has 0 unspecified atom stereocenters. The molecule has 2 aromatic rings. The van der Waals surface area contributed by atoms with Gasteiger partial charge in [-0.1, -0.05) is 37.3 Å². The Balaban J connectivity index is 1.44. The minimum atomic E-state index is -0.391. The largest absolute Gasteiger partial charge is 0.494 e. The number of likely N-dealkylation sites (N-methyl/N-ethyl adjacent to an activating group) is 1. The monoisotopic (exact) mass is 429 g/mol. The summed E-state index contributed by atoms with van der Waals surface area (Å²) in [5, 5.41) is 2.98. The fraction of sp³-hybridized carbons (Fsp3) is 0.458. The number of nitrogens with one attached hydrogen (secondary N) is 1. The maximum atomic E-state index is 13.9. The Morgan fingerprint density at radius 1 is 1.13 bits per heavy atom. The first-order chi connectivity index (χ1) is 15.1. The van der Waals surface area contributed by atoms with Gasteiger partial charge in [0.2, 0.25) is 5.91 Å². The average molecular weight is 430 g/mol. The zero-order valence-electron chi connectivity index (χ0n) is 18.4. The highest BCUT2D eigenvalue weighted by Gasteiger charge is 2.12. The highest BCUT2D eigenvalue weighted by Crippen LogP contribution is 2.18. The molecule has 0 aromatic heterocycles. The minimum absolute atomic E-state index is 0.0479. The zero-order valence-corrected chi connectivity index (χ0v) is 18.4. The molecule has 31 heavy (non-hydrogen) atoms. The van der Waals surface area contributed by atoms with Crippen LogP contribution in [0.15, 0.2) is 42.5 Å². The van der Waals surface area contributed by atoms with Crippen molar-refractivity contribution in [1.29, 1.82) is 0 Å². The number of morpholine rings is 1. The normalized spacial score (nSPS) is 14.6. The van der Waals surface area contributed by atoms with Crippen LogP contribution in [-0.4, -0.2) is 62.2 Å². The van der Waals surface area contributed by atoms with Crippen LogP contribution in [-0.2, 0) is 29.2 Å². The number of nitrogens with zero attached hydrogens (tertiary/aromatic N) is 2. The van der Waals surface area contributed by atoms with Gasteiger partial charge in [-0.05, 0) is 35.4 Å². The lowest BCUT2D eigenvalue weighted by molar-refractivity contribution is -0.122. The predicted octanol–water partition coefficient (Wildman–Crippen LogP) is 2.80. The summed E-state index contributed by atoms with van der Waals surface area (Å²) in [6, 6.07) is 13.3. The second-order valence-electron chi connectivity index (χ2n) is 7.75. The molecule has 0 radical (unpaired) electrons. The number of rotatable bonds is 10. The molecule has 3 rings (SSSR count). The number of halogens is 1. The smallest absolute Gasteiger partial charge is 0.234 e. The van der Waals surface area contributed by atoms with Crippen LogP contribution in [0.25, 0.3) is 0 Å². The van der Waals surface area contributed by atoms with E-state index in [-0.39, 0.29) is 18.2 Å². The van der Waals surface area contributed by atoms with Crippen LogP contribution < -0.4 is 10.1 Å². The van der Waals surface area contributed by atoms with Gasteiger partial charge in [-0.2, -0.15) is 0 Å². The number of carbonyl (C=O) groups excluding carboxylic acids is 1. The van der Waals surface area contributed by atoms with Gasteiger partial charge in [0.05, 0.1) is 26.9 Å². The van der Waals surface area contributed by atoms with Crippen molar-refractivity contribution in [2.45, 2.75) is 26.6 Å². The van der Waals surface area contributed by atoms with E-state index in [4.69, 9.17) is 9.47 Å². The SMILES string of the molecule is CCN(CC(=O)NCc1ccc(CN2CCOCC2)cc1)Cc1ccc(OC)c(F)c1. The Hall–Kier alpha value is -2.48. The van der Waals surface area contributed by atoms with Crippen LogP contribution in [0.2, 0.25) is 0 Å². The summed E-state index contributed by atoms with van der Waals surface area (Å²) in [5.41, 5.74) is 3.14. The van der Waals surface area contributed by atoms with Crippen molar-refractivity contribution in [3.05, 3.63) is 65.0 Å². The van der Waals surface area contributed by atoms with Gasteiger partial charge in [-0.15, -0.1) is 0 Å². The predicted molar refractivity (Wildman–Crippen MR) is 118 cm³/mol. The van der Waals surface area contributed by atoms with Crippen molar-refractivity contribution in [3.63, 3.8) is 0 Å². The van der Waals surface area contributed by atoms with Gasteiger partial charge < -0.3 is 14.8 Å². The molecule has 0 bridgehead atoms. The lowest BCUT2D eigenvalue weighted by atomic mass is 10.1. The van der Waals surface area contributed by atoms with Crippen LogP contribution in [0.3, 0.4) is 0 Å². The van der Waals surface area contributed by atoms with Crippen LogP contribution >= 0.6 is 0 Å². The van der Waals surface area contributed by atoms with Crippen molar-refractivity contribution in [1.82, 2.24) is 15.1 Å². The molecule has 1 aliphatic rings. The van der Waals surface area contributed by atoms with Gasteiger partial charge in [0, 0.05) is 32.7 Å². The van der Waals surface area contributed by atoms with E-state index in [0.29, 0.717) is 19.6 Å². The minimum Gasteiger partial charge on any atom is -0.494 e. The first-order valence-corrected chi connectivity index (χ1v) is 10.8. The van der Waals surface area contributed by atoms with Crippen LogP contribution in [0, 0.1) is 5.82 Å². The maximum absolute atomic E-state index is 13.9. The molecule has 1 fully saturated rings. The van der Waals surface area contributed by atoms with Crippen molar-refractivity contribution in [3.8, 4) is 5.75 Å². The molecule has 2 aromatic carbocycles. The van der Waals surface area contributed by atoms with Crippen molar-refractivity contribution in [2.75, 3.05) is 46.5 Å². The molecule has 1 saturated heterocycles. The maximum Gasteiger partial charge on any atom is 0.234 e. The summed E-state index contributed by atoms with van der Waals surface area (Å²) in [7, 11) is 1.44. The van der Waals surface area contributed by atoms with Crippen LogP contribution in [0.5, 0.6) is 5.75 Å². The molecule has 1 aliphatic heterocycles. The third kappa shape index (κ3) is 7.31. The van der Waals surface area contributed by atoms with Gasteiger partial charge in [0.25, 0.3) is 0 Å². The van der Waals surface area contributed by atoms with E-state index in [1.165, 1.54) is 18.7 Å². The van der Waals surface area contributed by atoms with Crippen LogP contribution in [0.1, 0.15) is 23.6 Å². The lowest BCUT2D eigenvalue weighted by Gasteiger charge is -2.26. The fourth-order valence-corrected chi connectivity index (χ4v) is 3.59. The van der Waals surface area contributed by atoms with Gasteiger partial charge in [-0.3, -0.25) is 14.6 Å². The molecule has 1 heterocycles. The molecule has 1 amide bonds. The molecular formula is C24H32FN3O3. The summed E-state index contributed by atoms with van der Waals surface area (Å²) < 4.78 is 24.2. The molecule has 0 atom stereocenters. The molecule has 168 valence electrons. The van der Waals surface area contributed by atoms with Crippen molar-refractivity contribution >= 4 is 5.91 Å². The van der Waals surface area contributed by atoms with E-state index in [9.17, 15) is 9.18 Å². The molecule has 7 heteroatoms. The molecule has 1 N–H and O–H groups in total. The van der Waals surface area contributed by atoms with Crippen molar-refractivity contribution in [2.24, 2.45) is 0 Å². The van der Waals surface area contributed by atoms with Gasteiger partial charge >= 0.3 is 0 Å². The van der Waals surface area contributed by atoms with E-state index in [2.05, 4.69) is 34.5 Å². The number of carbonyl (C=O) groups is 1. The number of ether oxygens (including phenoxy) is 2. The summed E-state index contributed by atoms with van der Waals surface area (Å²) in [6.07, 6.45) is 0. The molecule has 0 aliphatic carbocycles. The summed E-state index contributed by atoms with van der Waals surface area (Å²) in [6.45, 7) is 8.39. The molecule has 0 spiro atoms. The van der Waals surface area contributed by atoms with Crippen molar-refractivity contribution < 1.29 is 18.7 Å². The molecule has 6 nitrogen and oxygen atoms in total. The van der Waals surface area contributed by atoms with Crippen LogP contribution in [0.4, 0.5) is 4.39 Å². The topological polar surface area (TPSA) is 54.0 Å². The summed E-state index contributed by atoms with van der Waals surface area (Å²) in [5.74, 6) is -0.216. The molecular weight excluding hydrogens is 397 g/mol. The first-order valence-electron chi connectivity index (χ1n) is 10.8. The second-order valence-corrected chi connectivity index (χ2v) is 7.75. The van der Waals surface area contributed by atoms with Gasteiger partial charge in [0.1, 0.15) is 0 Å². The Morgan fingerprint density at radius 3 is 2.45 bits per heavy atom. The van der Waals surface area contributed by atoms with E-state index in [1.807, 2.05) is 17.9 Å². The summed E-state index contributed by atoms with van der Waals surface area (Å²) in [4.78, 5) is 16.8. The third-order valence-electron chi connectivity index (χ3n) is 5.46. The quantitative estimate of drug-likeness (QED) is 0.630.